The van der Waals surface area contributed by atoms with Crippen molar-refractivity contribution in [3.8, 4) is 0 Å². The summed E-state index contributed by atoms with van der Waals surface area (Å²) in [7, 11) is 1.34. The van der Waals surface area contributed by atoms with Crippen LogP contribution in [0, 0.1) is 0 Å². The first-order valence-corrected chi connectivity index (χ1v) is 8.02. The molecule has 0 radical (unpaired) electrons. The van der Waals surface area contributed by atoms with Gasteiger partial charge in [0.15, 0.2) is 0 Å². The highest BCUT2D eigenvalue weighted by Crippen LogP contribution is 2.21. The number of esters is 1. The number of ether oxygens (including phenoxy) is 1. The molecular weight excluding hydrogens is 304 g/mol. The van der Waals surface area contributed by atoms with Crippen LogP contribution in [0.15, 0.2) is 48.5 Å². The van der Waals surface area contributed by atoms with Crippen molar-refractivity contribution < 1.29 is 14.3 Å². The highest BCUT2D eigenvalue weighted by Gasteiger charge is 2.13. The third kappa shape index (κ3) is 3.56. The number of hydrogen-bond donors (Lipinski definition) is 1. The van der Waals surface area contributed by atoms with Gasteiger partial charge in [-0.3, -0.25) is 4.79 Å². The van der Waals surface area contributed by atoms with Crippen LogP contribution < -0.4 is 10.2 Å². The SMILES string of the molecule is COC(=O)c1ccc(NC(=O)c2ccc(N3CCCC3)cc2)cc1. The Balaban J connectivity index is 1.65. The molecular formula is C19H20N2O3. The lowest BCUT2D eigenvalue weighted by Crippen LogP contribution is -2.18. The van der Waals surface area contributed by atoms with E-state index in [-0.39, 0.29) is 5.91 Å². The Morgan fingerprint density at radius 3 is 2.08 bits per heavy atom. The number of carbonyl (C=O) groups is 2. The smallest absolute Gasteiger partial charge is 0.337 e. The summed E-state index contributed by atoms with van der Waals surface area (Å²) in [6.07, 6.45) is 2.45. The van der Waals surface area contributed by atoms with Gasteiger partial charge in [0.1, 0.15) is 0 Å². The second-order valence-electron chi connectivity index (χ2n) is 5.76. The largest absolute Gasteiger partial charge is 0.465 e. The van der Waals surface area contributed by atoms with Crippen LogP contribution in [0.25, 0.3) is 0 Å². The lowest BCUT2D eigenvalue weighted by molar-refractivity contribution is 0.0600. The van der Waals surface area contributed by atoms with Gasteiger partial charge in [-0.2, -0.15) is 0 Å². The molecule has 1 aliphatic heterocycles. The molecule has 5 heteroatoms. The number of nitrogens with one attached hydrogen (secondary N) is 1. The standard InChI is InChI=1S/C19H20N2O3/c1-24-19(23)15-4-8-16(9-5-15)20-18(22)14-6-10-17(11-7-14)21-12-2-3-13-21/h4-11H,2-3,12-13H2,1H3,(H,20,22). The average molecular weight is 324 g/mol. The van der Waals surface area contributed by atoms with Crippen LogP contribution in [-0.2, 0) is 4.74 Å². The van der Waals surface area contributed by atoms with Gasteiger partial charge in [-0.15, -0.1) is 0 Å². The van der Waals surface area contributed by atoms with Crippen LogP contribution in [0.2, 0.25) is 0 Å². The predicted molar refractivity (Wildman–Crippen MR) is 93.6 cm³/mol. The van der Waals surface area contributed by atoms with E-state index >= 15 is 0 Å². The van der Waals surface area contributed by atoms with E-state index in [0.717, 1.165) is 18.8 Å². The molecule has 0 saturated carbocycles. The zero-order valence-electron chi connectivity index (χ0n) is 13.6. The zero-order valence-corrected chi connectivity index (χ0v) is 13.6. The Bertz CT molecular complexity index is 717. The molecule has 1 heterocycles. The van der Waals surface area contributed by atoms with E-state index in [0.29, 0.717) is 16.8 Å². The minimum Gasteiger partial charge on any atom is -0.465 e. The van der Waals surface area contributed by atoms with Gasteiger partial charge in [0.2, 0.25) is 0 Å². The highest BCUT2D eigenvalue weighted by atomic mass is 16.5. The van der Waals surface area contributed by atoms with Gasteiger partial charge in [-0.25, -0.2) is 4.79 Å². The predicted octanol–water partition coefficient (Wildman–Crippen LogP) is 3.33. The normalized spacial score (nSPS) is 13.6. The molecule has 1 aliphatic rings. The number of hydrogen-bond acceptors (Lipinski definition) is 4. The fourth-order valence-corrected chi connectivity index (χ4v) is 2.81. The van der Waals surface area contributed by atoms with Gasteiger partial charge in [0.05, 0.1) is 12.7 Å². The summed E-state index contributed by atoms with van der Waals surface area (Å²) in [5.74, 6) is -0.570. The molecule has 2 aromatic rings. The van der Waals surface area contributed by atoms with Crippen LogP contribution in [0.4, 0.5) is 11.4 Å². The lowest BCUT2D eigenvalue weighted by Gasteiger charge is -2.17. The van der Waals surface area contributed by atoms with Crippen LogP contribution >= 0.6 is 0 Å². The van der Waals surface area contributed by atoms with E-state index in [2.05, 4.69) is 15.0 Å². The van der Waals surface area contributed by atoms with Crippen molar-refractivity contribution in [3.05, 3.63) is 59.7 Å². The zero-order chi connectivity index (χ0) is 16.9. The maximum atomic E-state index is 12.3. The van der Waals surface area contributed by atoms with Gasteiger partial charge < -0.3 is 15.0 Å². The molecule has 124 valence electrons. The highest BCUT2D eigenvalue weighted by molar-refractivity contribution is 6.04. The van der Waals surface area contributed by atoms with Gasteiger partial charge in [-0.1, -0.05) is 0 Å². The van der Waals surface area contributed by atoms with Crippen molar-refractivity contribution in [2.75, 3.05) is 30.4 Å². The van der Waals surface area contributed by atoms with Crippen molar-refractivity contribution >= 4 is 23.3 Å². The first-order chi connectivity index (χ1) is 11.7. The fraction of sp³-hybridized carbons (Fsp3) is 0.263. The Morgan fingerprint density at radius 2 is 1.50 bits per heavy atom. The first kappa shape index (κ1) is 16.1. The molecule has 2 aromatic carbocycles. The molecule has 0 aliphatic carbocycles. The van der Waals surface area contributed by atoms with Crippen molar-refractivity contribution in [1.82, 2.24) is 0 Å². The summed E-state index contributed by atoms with van der Waals surface area (Å²) in [4.78, 5) is 26.0. The third-order valence-electron chi connectivity index (χ3n) is 4.16. The van der Waals surface area contributed by atoms with Gasteiger partial charge >= 0.3 is 5.97 Å². The van der Waals surface area contributed by atoms with Gasteiger partial charge in [-0.05, 0) is 61.4 Å². The molecule has 0 aromatic heterocycles. The van der Waals surface area contributed by atoms with Crippen molar-refractivity contribution in [2.24, 2.45) is 0 Å². The summed E-state index contributed by atoms with van der Waals surface area (Å²) >= 11 is 0. The van der Waals surface area contributed by atoms with Gasteiger partial charge in [0, 0.05) is 30.0 Å². The Kier molecular flexibility index (Phi) is 4.79. The van der Waals surface area contributed by atoms with E-state index < -0.39 is 5.97 Å². The molecule has 1 fully saturated rings. The Morgan fingerprint density at radius 1 is 0.917 bits per heavy atom. The first-order valence-electron chi connectivity index (χ1n) is 8.02. The van der Waals surface area contributed by atoms with Crippen molar-refractivity contribution in [2.45, 2.75) is 12.8 Å². The molecule has 0 unspecified atom stereocenters. The summed E-state index contributed by atoms with van der Waals surface area (Å²) in [6, 6.07) is 14.3. The van der Waals surface area contributed by atoms with Gasteiger partial charge in [0.25, 0.3) is 5.91 Å². The topological polar surface area (TPSA) is 58.6 Å². The molecule has 3 rings (SSSR count). The molecule has 1 amide bonds. The Labute approximate surface area is 141 Å². The molecule has 1 N–H and O–H groups in total. The maximum absolute atomic E-state index is 12.3. The molecule has 5 nitrogen and oxygen atoms in total. The number of benzene rings is 2. The van der Waals surface area contributed by atoms with E-state index in [1.807, 2.05) is 24.3 Å². The minimum absolute atomic E-state index is 0.172. The molecule has 0 atom stereocenters. The van der Waals surface area contributed by atoms with Crippen LogP contribution in [0.5, 0.6) is 0 Å². The average Bonchev–Trinajstić information content (AvgIpc) is 3.16. The number of anilines is 2. The number of carbonyl (C=O) groups excluding carboxylic acids is 2. The second kappa shape index (κ2) is 7.17. The second-order valence-corrected chi connectivity index (χ2v) is 5.76. The minimum atomic E-state index is -0.398. The van der Waals surface area contributed by atoms with Crippen molar-refractivity contribution in [3.63, 3.8) is 0 Å². The lowest BCUT2D eigenvalue weighted by atomic mass is 10.1. The van der Waals surface area contributed by atoms with Crippen LogP contribution in [0.3, 0.4) is 0 Å². The number of amides is 1. The molecule has 0 bridgehead atoms. The molecule has 1 saturated heterocycles. The summed E-state index contributed by atoms with van der Waals surface area (Å²) in [5, 5.41) is 2.83. The van der Waals surface area contributed by atoms with E-state index in [1.165, 1.54) is 20.0 Å². The summed E-state index contributed by atoms with van der Waals surface area (Å²) in [5.41, 5.74) is 2.85. The number of methoxy groups -OCH3 is 1. The van der Waals surface area contributed by atoms with E-state index in [9.17, 15) is 9.59 Å². The van der Waals surface area contributed by atoms with E-state index in [1.54, 1.807) is 24.3 Å². The quantitative estimate of drug-likeness (QED) is 0.877. The van der Waals surface area contributed by atoms with Crippen LogP contribution in [-0.4, -0.2) is 32.1 Å². The summed E-state index contributed by atoms with van der Waals surface area (Å²) < 4.78 is 4.65. The maximum Gasteiger partial charge on any atom is 0.337 e. The molecule has 24 heavy (non-hydrogen) atoms. The fourth-order valence-electron chi connectivity index (χ4n) is 2.81. The molecule has 0 spiro atoms. The Hall–Kier alpha value is -2.82. The number of nitrogens with zero attached hydrogens (tertiary/aromatic N) is 1. The van der Waals surface area contributed by atoms with Crippen LogP contribution in [0.1, 0.15) is 33.6 Å². The van der Waals surface area contributed by atoms with Crippen molar-refractivity contribution in [1.29, 1.82) is 0 Å². The third-order valence-corrected chi connectivity index (χ3v) is 4.16. The van der Waals surface area contributed by atoms with E-state index in [4.69, 9.17) is 0 Å². The monoisotopic (exact) mass is 324 g/mol. The summed E-state index contributed by atoms with van der Waals surface area (Å²) in [6.45, 7) is 2.16. The number of rotatable bonds is 4.